The SMILES string of the molecule is CCc1ccc2cc(-n3c(-c4cccnc4)nc4ccccc4c3=O)ccc2c1. The fourth-order valence-electron chi connectivity index (χ4n) is 3.70. The number of para-hydroxylation sites is 1. The normalized spacial score (nSPS) is 11.2. The fraction of sp³-hybridized carbons (Fsp3) is 0.0800. The molecule has 0 aliphatic rings. The fourth-order valence-corrected chi connectivity index (χ4v) is 3.70. The molecule has 5 rings (SSSR count). The van der Waals surface area contributed by atoms with Gasteiger partial charge in [-0.1, -0.05) is 43.3 Å². The predicted molar refractivity (Wildman–Crippen MR) is 117 cm³/mol. The van der Waals surface area contributed by atoms with E-state index in [-0.39, 0.29) is 5.56 Å². The average molecular weight is 377 g/mol. The van der Waals surface area contributed by atoms with Crippen LogP contribution in [0.25, 0.3) is 38.8 Å². The Kier molecular flexibility index (Phi) is 4.17. The summed E-state index contributed by atoms with van der Waals surface area (Å²) in [7, 11) is 0. The van der Waals surface area contributed by atoms with Crippen LogP contribution in [0.1, 0.15) is 12.5 Å². The Morgan fingerprint density at radius 3 is 2.55 bits per heavy atom. The molecule has 0 saturated carbocycles. The first-order valence-electron chi connectivity index (χ1n) is 9.70. The van der Waals surface area contributed by atoms with Crippen molar-refractivity contribution >= 4 is 21.7 Å². The molecule has 0 saturated heterocycles. The Bertz CT molecular complexity index is 1400. The first-order chi connectivity index (χ1) is 14.2. The summed E-state index contributed by atoms with van der Waals surface area (Å²) in [4.78, 5) is 22.5. The molecule has 4 heteroatoms. The summed E-state index contributed by atoms with van der Waals surface area (Å²) < 4.78 is 1.69. The third kappa shape index (κ3) is 2.99. The van der Waals surface area contributed by atoms with Crippen molar-refractivity contribution in [2.75, 3.05) is 0 Å². The molecule has 4 nitrogen and oxygen atoms in total. The number of benzene rings is 3. The zero-order valence-corrected chi connectivity index (χ0v) is 16.0. The van der Waals surface area contributed by atoms with Crippen LogP contribution in [0.4, 0.5) is 0 Å². The molecule has 0 fully saturated rings. The van der Waals surface area contributed by atoms with Crippen LogP contribution in [0, 0.1) is 0 Å². The van der Waals surface area contributed by atoms with Crippen LogP contribution in [-0.2, 0) is 6.42 Å². The van der Waals surface area contributed by atoms with Crippen molar-refractivity contribution in [3.05, 3.63) is 101 Å². The van der Waals surface area contributed by atoms with Crippen molar-refractivity contribution in [3.8, 4) is 17.1 Å². The third-order valence-electron chi connectivity index (χ3n) is 5.25. The van der Waals surface area contributed by atoms with Crippen LogP contribution in [-0.4, -0.2) is 14.5 Å². The molecule has 0 unspecified atom stereocenters. The molecular weight excluding hydrogens is 358 g/mol. The van der Waals surface area contributed by atoms with Gasteiger partial charge < -0.3 is 0 Å². The minimum Gasteiger partial charge on any atom is -0.268 e. The van der Waals surface area contributed by atoms with E-state index in [0.29, 0.717) is 16.7 Å². The average Bonchev–Trinajstić information content (AvgIpc) is 2.79. The van der Waals surface area contributed by atoms with Crippen LogP contribution in [0.3, 0.4) is 0 Å². The van der Waals surface area contributed by atoms with E-state index in [9.17, 15) is 4.79 Å². The first-order valence-corrected chi connectivity index (χ1v) is 9.70. The lowest BCUT2D eigenvalue weighted by Gasteiger charge is -2.14. The highest BCUT2D eigenvalue weighted by Crippen LogP contribution is 2.25. The topological polar surface area (TPSA) is 47.8 Å². The summed E-state index contributed by atoms with van der Waals surface area (Å²) in [6, 6.07) is 23.8. The molecule has 0 N–H and O–H groups in total. The number of aromatic nitrogens is 3. The molecule has 29 heavy (non-hydrogen) atoms. The van der Waals surface area contributed by atoms with Crippen molar-refractivity contribution < 1.29 is 0 Å². The molecular formula is C25H19N3O. The maximum absolute atomic E-state index is 13.5. The molecule has 0 aliphatic carbocycles. The Balaban J connectivity index is 1.82. The highest BCUT2D eigenvalue weighted by Gasteiger charge is 2.15. The van der Waals surface area contributed by atoms with Gasteiger partial charge in [-0.25, -0.2) is 4.98 Å². The first kappa shape index (κ1) is 17.3. The lowest BCUT2D eigenvalue weighted by molar-refractivity contribution is 0.975. The predicted octanol–water partition coefficient (Wildman–Crippen LogP) is 5.16. The second kappa shape index (κ2) is 6.99. The molecule has 3 aromatic carbocycles. The smallest absolute Gasteiger partial charge is 0.266 e. The Morgan fingerprint density at radius 2 is 1.72 bits per heavy atom. The number of aryl methyl sites for hydroxylation is 1. The van der Waals surface area contributed by atoms with E-state index < -0.39 is 0 Å². The van der Waals surface area contributed by atoms with E-state index >= 15 is 0 Å². The standard InChI is InChI=1S/C25H19N3O/c1-2-17-9-10-19-15-21(12-11-18(19)14-17)28-24(20-6-5-13-26-16-20)27-23-8-4-3-7-22(23)25(28)29/h3-16H,2H2,1H3. The van der Waals surface area contributed by atoms with Crippen molar-refractivity contribution in [2.24, 2.45) is 0 Å². The van der Waals surface area contributed by atoms with Gasteiger partial charge in [-0.2, -0.15) is 0 Å². The number of pyridine rings is 1. The summed E-state index contributed by atoms with van der Waals surface area (Å²) >= 11 is 0. The quantitative estimate of drug-likeness (QED) is 0.436. The van der Waals surface area contributed by atoms with Crippen LogP contribution in [0.15, 0.2) is 90.0 Å². The molecule has 0 radical (unpaired) electrons. The Morgan fingerprint density at radius 1 is 0.897 bits per heavy atom. The van der Waals surface area contributed by atoms with Crippen molar-refractivity contribution in [1.29, 1.82) is 0 Å². The summed E-state index contributed by atoms with van der Waals surface area (Å²) in [6.07, 6.45) is 4.45. The maximum atomic E-state index is 13.5. The van der Waals surface area contributed by atoms with E-state index in [4.69, 9.17) is 4.98 Å². The second-order valence-electron chi connectivity index (χ2n) is 7.05. The lowest BCUT2D eigenvalue weighted by Crippen LogP contribution is -2.22. The van der Waals surface area contributed by atoms with E-state index in [1.54, 1.807) is 17.0 Å². The van der Waals surface area contributed by atoms with E-state index in [2.05, 4.69) is 36.2 Å². The van der Waals surface area contributed by atoms with Gasteiger partial charge in [-0.05, 0) is 59.2 Å². The van der Waals surface area contributed by atoms with Gasteiger partial charge in [0.05, 0.1) is 16.6 Å². The highest BCUT2D eigenvalue weighted by molar-refractivity contribution is 5.86. The maximum Gasteiger partial charge on any atom is 0.266 e. The molecule has 0 atom stereocenters. The molecule has 5 aromatic rings. The molecule has 2 aromatic heterocycles. The van der Waals surface area contributed by atoms with Gasteiger partial charge in [0.25, 0.3) is 5.56 Å². The Hall–Kier alpha value is -3.79. The summed E-state index contributed by atoms with van der Waals surface area (Å²) in [5, 5.41) is 2.86. The van der Waals surface area contributed by atoms with Gasteiger partial charge in [0.2, 0.25) is 0 Å². The van der Waals surface area contributed by atoms with Crippen LogP contribution >= 0.6 is 0 Å². The molecule has 0 aliphatic heterocycles. The number of fused-ring (bicyclic) bond motifs is 2. The lowest BCUT2D eigenvalue weighted by atomic mass is 10.0. The van der Waals surface area contributed by atoms with Crippen LogP contribution in [0.5, 0.6) is 0 Å². The minimum atomic E-state index is -0.0843. The van der Waals surface area contributed by atoms with Crippen molar-refractivity contribution in [1.82, 2.24) is 14.5 Å². The van der Waals surface area contributed by atoms with E-state index in [1.807, 2.05) is 48.5 Å². The zero-order chi connectivity index (χ0) is 19.8. The molecule has 0 bridgehead atoms. The van der Waals surface area contributed by atoms with Crippen LogP contribution < -0.4 is 5.56 Å². The third-order valence-corrected chi connectivity index (χ3v) is 5.25. The number of hydrogen-bond donors (Lipinski definition) is 0. The van der Waals surface area contributed by atoms with Gasteiger partial charge in [-0.15, -0.1) is 0 Å². The molecule has 0 amide bonds. The van der Waals surface area contributed by atoms with E-state index in [1.165, 1.54) is 5.56 Å². The second-order valence-corrected chi connectivity index (χ2v) is 7.05. The number of hydrogen-bond acceptors (Lipinski definition) is 3. The van der Waals surface area contributed by atoms with Gasteiger partial charge in [0, 0.05) is 18.0 Å². The monoisotopic (exact) mass is 377 g/mol. The molecule has 0 spiro atoms. The zero-order valence-electron chi connectivity index (χ0n) is 16.0. The summed E-state index contributed by atoms with van der Waals surface area (Å²) in [6.45, 7) is 2.15. The Labute approximate surface area is 168 Å². The summed E-state index contributed by atoms with van der Waals surface area (Å²) in [5.74, 6) is 0.589. The molecule has 140 valence electrons. The highest BCUT2D eigenvalue weighted by atomic mass is 16.1. The van der Waals surface area contributed by atoms with Gasteiger partial charge in [0.15, 0.2) is 0 Å². The van der Waals surface area contributed by atoms with Gasteiger partial charge in [0.1, 0.15) is 5.82 Å². The largest absolute Gasteiger partial charge is 0.268 e. The number of nitrogens with zero attached hydrogens (tertiary/aromatic N) is 3. The minimum absolute atomic E-state index is 0.0843. The van der Waals surface area contributed by atoms with Gasteiger partial charge in [-0.3, -0.25) is 14.3 Å². The summed E-state index contributed by atoms with van der Waals surface area (Å²) in [5.41, 5.74) is 3.49. The number of rotatable bonds is 3. The van der Waals surface area contributed by atoms with Crippen molar-refractivity contribution in [3.63, 3.8) is 0 Å². The van der Waals surface area contributed by atoms with Crippen LogP contribution in [0.2, 0.25) is 0 Å². The van der Waals surface area contributed by atoms with Crippen molar-refractivity contribution in [2.45, 2.75) is 13.3 Å². The van der Waals surface area contributed by atoms with E-state index in [0.717, 1.165) is 28.4 Å². The molecule has 2 heterocycles. The van der Waals surface area contributed by atoms with Gasteiger partial charge >= 0.3 is 0 Å².